The van der Waals surface area contributed by atoms with Crippen molar-refractivity contribution >= 4 is 24.0 Å². The highest BCUT2D eigenvalue weighted by Gasteiger charge is 2.24. The van der Waals surface area contributed by atoms with Gasteiger partial charge in [0.25, 0.3) is 0 Å². The quantitative estimate of drug-likeness (QED) is 0.776. The van der Waals surface area contributed by atoms with Gasteiger partial charge < -0.3 is 15.4 Å². The number of nitrogens with two attached hydrogens (primary N) is 1. The van der Waals surface area contributed by atoms with Crippen molar-refractivity contribution in [3.63, 3.8) is 0 Å². The van der Waals surface area contributed by atoms with Gasteiger partial charge in [-0.25, -0.2) is 0 Å². The molecule has 1 amide bonds. The highest BCUT2D eigenvalue weighted by Crippen LogP contribution is 2.24. The average molecular weight is 389 g/mol. The summed E-state index contributed by atoms with van der Waals surface area (Å²) >= 11 is 0. The summed E-state index contributed by atoms with van der Waals surface area (Å²) in [5, 5.41) is 0. The van der Waals surface area contributed by atoms with Crippen LogP contribution in [0.3, 0.4) is 0 Å². The Bertz CT molecular complexity index is 771. The van der Waals surface area contributed by atoms with E-state index in [1.807, 2.05) is 29.2 Å². The summed E-state index contributed by atoms with van der Waals surface area (Å²) in [4.78, 5) is 14.5. The summed E-state index contributed by atoms with van der Waals surface area (Å²) in [5.41, 5.74) is 10.1. The van der Waals surface area contributed by atoms with Gasteiger partial charge >= 0.3 is 0 Å². The minimum Gasteiger partial charge on any atom is -0.490 e. The number of piperidine rings is 1. The molecule has 4 nitrogen and oxygen atoms in total. The number of halogens is 1. The molecule has 0 bridgehead atoms. The molecule has 0 aliphatic carbocycles. The maximum atomic E-state index is 12.5. The average Bonchev–Trinajstić information content (AvgIpc) is 2.64. The monoisotopic (exact) mass is 388 g/mol. The number of hydrogen-bond acceptors (Lipinski definition) is 3. The second-order valence-electron chi connectivity index (χ2n) is 7.17. The number of rotatable bonds is 5. The number of carbonyl (C=O) groups excluding carboxylic acids is 1. The van der Waals surface area contributed by atoms with Gasteiger partial charge in [0, 0.05) is 38.0 Å². The zero-order valence-corrected chi connectivity index (χ0v) is 16.9. The molecule has 0 radical (unpaired) electrons. The lowest BCUT2D eigenvalue weighted by atomic mass is 10.0. The molecule has 27 heavy (non-hydrogen) atoms. The largest absolute Gasteiger partial charge is 0.490 e. The molecule has 0 atom stereocenters. The molecule has 1 heterocycles. The number of likely N-dealkylation sites (tertiary alicyclic amines) is 1. The molecule has 0 spiro atoms. The number of hydrogen-bond donors (Lipinski definition) is 1. The Hall–Kier alpha value is -2.20. The Morgan fingerprint density at radius 3 is 2.56 bits per heavy atom. The molecule has 1 fully saturated rings. The van der Waals surface area contributed by atoms with Gasteiger partial charge in [0.05, 0.1) is 0 Å². The first-order chi connectivity index (χ1) is 12.5. The van der Waals surface area contributed by atoms with Crippen molar-refractivity contribution in [2.75, 3.05) is 18.8 Å². The number of aryl methyl sites for hydroxylation is 3. The second-order valence-corrected chi connectivity index (χ2v) is 7.17. The van der Waals surface area contributed by atoms with Crippen molar-refractivity contribution in [3.05, 3.63) is 59.2 Å². The van der Waals surface area contributed by atoms with Gasteiger partial charge in [-0.2, -0.15) is 0 Å². The van der Waals surface area contributed by atoms with Gasteiger partial charge in [0.2, 0.25) is 5.91 Å². The highest BCUT2D eigenvalue weighted by atomic mass is 35.5. The third-order valence-electron chi connectivity index (χ3n) is 5.10. The molecular weight excluding hydrogens is 360 g/mol. The summed E-state index contributed by atoms with van der Waals surface area (Å²) in [6.07, 6.45) is 3.16. The van der Waals surface area contributed by atoms with Crippen LogP contribution in [0.1, 0.15) is 36.0 Å². The van der Waals surface area contributed by atoms with Crippen LogP contribution in [0, 0.1) is 13.8 Å². The van der Waals surface area contributed by atoms with Crippen molar-refractivity contribution in [2.45, 2.75) is 45.6 Å². The van der Waals surface area contributed by atoms with Crippen LogP contribution < -0.4 is 10.5 Å². The fourth-order valence-electron chi connectivity index (χ4n) is 3.40. The van der Waals surface area contributed by atoms with E-state index in [0.717, 1.165) is 48.5 Å². The lowest BCUT2D eigenvalue weighted by Crippen LogP contribution is -2.41. The smallest absolute Gasteiger partial charge is 0.222 e. The Labute approximate surface area is 168 Å². The van der Waals surface area contributed by atoms with Gasteiger partial charge in [-0.1, -0.05) is 30.3 Å². The summed E-state index contributed by atoms with van der Waals surface area (Å²) in [7, 11) is 0. The second kappa shape index (κ2) is 9.65. The zero-order valence-electron chi connectivity index (χ0n) is 16.1. The Morgan fingerprint density at radius 1 is 1.15 bits per heavy atom. The van der Waals surface area contributed by atoms with E-state index in [9.17, 15) is 4.79 Å². The molecule has 2 aromatic carbocycles. The van der Waals surface area contributed by atoms with Crippen LogP contribution in [0.15, 0.2) is 42.5 Å². The topological polar surface area (TPSA) is 55.6 Å². The first kappa shape index (κ1) is 21.1. The lowest BCUT2D eigenvalue weighted by Gasteiger charge is -2.32. The molecule has 2 aromatic rings. The number of nitrogens with zero attached hydrogens (tertiary/aromatic N) is 1. The van der Waals surface area contributed by atoms with E-state index in [4.69, 9.17) is 10.5 Å². The number of anilines is 1. The SMILES string of the molecule is Cc1ccc(C)c(OC2CCN(C(=O)CCc3ccccc3N)CC2)c1.Cl. The van der Waals surface area contributed by atoms with Crippen LogP contribution in [0.2, 0.25) is 0 Å². The fraction of sp³-hybridized carbons (Fsp3) is 0.409. The first-order valence-corrected chi connectivity index (χ1v) is 9.38. The van der Waals surface area contributed by atoms with Crippen LogP contribution >= 0.6 is 12.4 Å². The molecule has 5 heteroatoms. The molecule has 2 N–H and O–H groups in total. The molecule has 1 aliphatic heterocycles. The maximum absolute atomic E-state index is 12.5. The Balaban J connectivity index is 0.00000261. The van der Waals surface area contributed by atoms with Gasteiger partial charge in [-0.3, -0.25) is 4.79 Å². The summed E-state index contributed by atoms with van der Waals surface area (Å²) in [6, 6.07) is 14.1. The molecule has 1 aliphatic rings. The number of ether oxygens (including phenoxy) is 1. The lowest BCUT2D eigenvalue weighted by molar-refractivity contribution is -0.132. The minimum atomic E-state index is 0. The molecule has 1 saturated heterocycles. The molecule has 0 unspecified atom stereocenters. The van der Waals surface area contributed by atoms with E-state index >= 15 is 0 Å². The van der Waals surface area contributed by atoms with Crippen molar-refractivity contribution in [3.8, 4) is 5.75 Å². The number of carbonyl (C=O) groups is 1. The maximum Gasteiger partial charge on any atom is 0.222 e. The number of para-hydroxylation sites is 1. The number of amides is 1. The fourth-order valence-corrected chi connectivity index (χ4v) is 3.40. The third-order valence-corrected chi connectivity index (χ3v) is 5.10. The van der Waals surface area contributed by atoms with E-state index in [2.05, 4.69) is 32.0 Å². The normalized spacial score (nSPS) is 14.5. The van der Waals surface area contributed by atoms with Crippen molar-refractivity contribution in [1.29, 1.82) is 0 Å². The van der Waals surface area contributed by atoms with E-state index in [-0.39, 0.29) is 24.4 Å². The van der Waals surface area contributed by atoms with E-state index < -0.39 is 0 Å². The van der Waals surface area contributed by atoms with Gasteiger partial charge in [0.15, 0.2) is 0 Å². The van der Waals surface area contributed by atoms with E-state index in [1.54, 1.807) is 0 Å². The number of benzene rings is 2. The van der Waals surface area contributed by atoms with Crippen molar-refractivity contribution in [2.24, 2.45) is 0 Å². The van der Waals surface area contributed by atoms with Crippen LogP contribution in [0.4, 0.5) is 5.69 Å². The standard InChI is InChI=1S/C22H28N2O2.ClH/c1-16-7-8-17(2)21(15-16)26-19-11-13-24(14-12-19)22(25)10-9-18-5-3-4-6-20(18)23;/h3-8,15,19H,9-14,23H2,1-2H3;1H. The molecule has 3 rings (SSSR count). The van der Waals surface area contributed by atoms with Gasteiger partial charge in [0.1, 0.15) is 11.9 Å². The Kier molecular flexibility index (Phi) is 7.55. The van der Waals surface area contributed by atoms with Crippen molar-refractivity contribution in [1.82, 2.24) is 4.90 Å². The van der Waals surface area contributed by atoms with Gasteiger partial charge in [-0.05, 0) is 49.1 Å². The van der Waals surface area contributed by atoms with Crippen LogP contribution in [-0.2, 0) is 11.2 Å². The Morgan fingerprint density at radius 2 is 1.85 bits per heavy atom. The summed E-state index contributed by atoms with van der Waals surface area (Å²) in [6.45, 7) is 5.67. The zero-order chi connectivity index (χ0) is 18.5. The predicted octanol–water partition coefficient (Wildman–Crippen LogP) is 4.31. The first-order valence-electron chi connectivity index (χ1n) is 9.38. The predicted molar refractivity (Wildman–Crippen MR) is 113 cm³/mol. The summed E-state index contributed by atoms with van der Waals surface area (Å²) < 4.78 is 6.19. The highest BCUT2D eigenvalue weighted by molar-refractivity contribution is 5.85. The molecule has 0 saturated carbocycles. The van der Waals surface area contributed by atoms with Crippen LogP contribution in [0.5, 0.6) is 5.75 Å². The van der Waals surface area contributed by atoms with Crippen LogP contribution in [0.25, 0.3) is 0 Å². The summed E-state index contributed by atoms with van der Waals surface area (Å²) in [5.74, 6) is 1.17. The molecular formula is C22H29ClN2O2. The third kappa shape index (κ3) is 5.64. The molecule has 146 valence electrons. The van der Waals surface area contributed by atoms with Gasteiger partial charge in [-0.15, -0.1) is 12.4 Å². The minimum absolute atomic E-state index is 0. The van der Waals surface area contributed by atoms with E-state index in [0.29, 0.717) is 12.8 Å². The van der Waals surface area contributed by atoms with Crippen LogP contribution in [-0.4, -0.2) is 30.0 Å². The molecule has 0 aromatic heterocycles. The van der Waals surface area contributed by atoms with E-state index in [1.165, 1.54) is 5.56 Å². The van der Waals surface area contributed by atoms with Crippen molar-refractivity contribution < 1.29 is 9.53 Å². The number of nitrogen functional groups attached to an aromatic ring is 1.